The number of anilines is 1. The lowest BCUT2D eigenvalue weighted by molar-refractivity contribution is 0.713. The van der Waals surface area contributed by atoms with Crippen molar-refractivity contribution in [3.63, 3.8) is 0 Å². The van der Waals surface area contributed by atoms with E-state index in [0.717, 1.165) is 18.5 Å². The number of allylic oxidation sites excluding steroid dienone is 1. The Bertz CT molecular complexity index is 296. The molecule has 1 aromatic carbocycles. The molecule has 1 rings (SSSR count). The van der Waals surface area contributed by atoms with Gasteiger partial charge in [0.05, 0.1) is 0 Å². The molecule has 0 amide bonds. The van der Waals surface area contributed by atoms with Crippen molar-refractivity contribution in [3.8, 4) is 0 Å². The van der Waals surface area contributed by atoms with Crippen molar-refractivity contribution < 1.29 is 0 Å². The molecule has 0 radical (unpaired) electrons. The zero-order valence-electron chi connectivity index (χ0n) is 11.1. The van der Waals surface area contributed by atoms with Gasteiger partial charge in [-0.2, -0.15) is 0 Å². The number of benzene rings is 1. The maximum atomic E-state index is 5.61. The summed E-state index contributed by atoms with van der Waals surface area (Å²) >= 11 is 0. The van der Waals surface area contributed by atoms with Crippen molar-refractivity contribution in [2.75, 3.05) is 5.73 Å². The van der Waals surface area contributed by atoms with Crippen LogP contribution in [0.25, 0.3) is 0 Å². The van der Waals surface area contributed by atoms with Gasteiger partial charge >= 0.3 is 0 Å². The van der Waals surface area contributed by atoms with E-state index in [4.69, 9.17) is 5.73 Å². The highest BCUT2D eigenvalue weighted by molar-refractivity contribution is 5.39. The third-order valence-corrected chi connectivity index (χ3v) is 2.53. The molecule has 17 heavy (non-hydrogen) atoms. The van der Waals surface area contributed by atoms with Gasteiger partial charge in [-0.15, -0.1) is 0 Å². The third-order valence-electron chi connectivity index (χ3n) is 2.53. The average Bonchev–Trinajstić information content (AvgIpc) is 2.30. The summed E-state index contributed by atoms with van der Waals surface area (Å²) in [6, 6.07) is 8.08. The van der Waals surface area contributed by atoms with Crippen LogP contribution < -0.4 is 5.73 Å². The van der Waals surface area contributed by atoms with Gasteiger partial charge in [-0.3, -0.25) is 0 Å². The highest BCUT2D eigenvalue weighted by Crippen LogP contribution is 2.15. The topological polar surface area (TPSA) is 26.0 Å². The van der Waals surface area contributed by atoms with Crippen LogP contribution in [0.15, 0.2) is 36.4 Å². The van der Waals surface area contributed by atoms with E-state index in [-0.39, 0.29) is 7.43 Å². The van der Waals surface area contributed by atoms with E-state index in [1.807, 2.05) is 26.0 Å². The quantitative estimate of drug-likeness (QED) is 0.572. The van der Waals surface area contributed by atoms with Gasteiger partial charge in [0.15, 0.2) is 0 Å². The second-order valence-corrected chi connectivity index (χ2v) is 4.05. The lowest BCUT2D eigenvalue weighted by Gasteiger charge is -2.09. The molecular formula is C16H29N. The van der Waals surface area contributed by atoms with Crippen LogP contribution in [-0.4, -0.2) is 0 Å². The van der Waals surface area contributed by atoms with E-state index in [2.05, 4.69) is 32.6 Å². The van der Waals surface area contributed by atoms with Crippen LogP contribution in [0.2, 0.25) is 0 Å². The Labute approximate surface area is 108 Å². The summed E-state index contributed by atoms with van der Waals surface area (Å²) in [7, 11) is 0. The number of rotatable bonds is 4. The van der Waals surface area contributed by atoms with E-state index in [0.29, 0.717) is 5.92 Å². The van der Waals surface area contributed by atoms with Crippen molar-refractivity contribution in [2.45, 2.75) is 48.0 Å². The van der Waals surface area contributed by atoms with Crippen molar-refractivity contribution in [3.05, 3.63) is 42.0 Å². The van der Waals surface area contributed by atoms with Gasteiger partial charge in [0, 0.05) is 5.69 Å². The van der Waals surface area contributed by atoms with E-state index in [1.54, 1.807) is 0 Å². The summed E-state index contributed by atoms with van der Waals surface area (Å²) in [5.74, 6) is 0.587. The standard InChI is InChI=1S/C13H19N.C2H6.CH4/c1-10(2)11(3)4-5-12-6-8-13(14)9-7-12;1-2;/h6-10H,3-5,14H2,1-2H3;1-2H3;1H4. The van der Waals surface area contributed by atoms with Gasteiger partial charge in [0.2, 0.25) is 0 Å². The first-order chi connectivity index (χ1) is 7.59. The van der Waals surface area contributed by atoms with Crippen LogP contribution >= 0.6 is 0 Å². The van der Waals surface area contributed by atoms with Crippen molar-refractivity contribution in [1.82, 2.24) is 0 Å². The van der Waals surface area contributed by atoms with Gasteiger partial charge in [0.1, 0.15) is 0 Å². The summed E-state index contributed by atoms with van der Waals surface area (Å²) in [6.07, 6.45) is 2.14. The number of hydrogen-bond acceptors (Lipinski definition) is 1. The van der Waals surface area contributed by atoms with Crippen LogP contribution in [0.1, 0.15) is 47.1 Å². The van der Waals surface area contributed by atoms with E-state index >= 15 is 0 Å². The molecular weight excluding hydrogens is 206 g/mol. The number of nitrogens with two attached hydrogens (primary N) is 1. The second-order valence-electron chi connectivity index (χ2n) is 4.05. The number of aryl methyl sites for hydroxylation is 1. The first-order valence-corrected chi connectivity index (χ1v) is 6.11. The van der Waals surface area contributed by atoms with Gasteiger partial charge in [-0.05, 0) is 36.5 Å². The Balaban J connectivity index is 0. The molecule has 0 aliphatic carbocycles. The van der Waals surface area contributed by atoms with Crippen LogP contribution in [0.5, 0.6) is 0 Å². The Kier molecular flexibility index (Phi) is 10.6. The molecule has 98 valence electrons. The molecule has 1 nitrogen and oxygen atoms in total. The molecule has 0 fully saturated rings. The lowest BCUT2D eigenvalue weighted by atomic mass is 9.98. The minimum absolute atomic E-state index is 0. The number of hydrogen-bond donors (Lipinski definition) is 1. The second kappa shape index (κ2) is 9.95. The third kappa shape index (κ3) is 7.62. The predicted octanol–water partition coefficient (Wildman–Crippen LogP) is 5.08. The minimum atomic E-state index is 0. The predicted molar refractivity (Wildman–Crippen MR) is 81.2 cm³/mol. The molecule has 0 saturated heterocycles. The molecule has 2 N–H and O–H groups in total. The highest BCUT2D eigenvalue weighted by Gasteiger charge is 2.00. The van der Waals surface area contributed by atoms with Crippen molar-refractivity contribution in [2.24, 2.45) is 5.92 Å². The Morgan fingerprint density at radius 2 is 1.65 bits per heavy atom. The number of nitrogen functional groups attached to an aromatic ring is 1. The van der Waals surface area contributed by atoms with Gasteiger partial charge < -0.3 is 5.73 Å². The monoisotopic (exact) mass is 235 g/mol. The average molecular weight is 235 g/mol. The Hall–Kier alpha value is -1.24. The van der Waals surface area contributed by atoms with Crippen LogP contribution in [-0.2, 0) is 6.42 Å². The fourth-order valence-corrected chi connectivity index (χ4v) is 1.28. The first kappa shape index (κ1) is 18.1. The normalized spacial score (nSPS) is 9.00. The summed E-state index contributed by atoms with van der Waals surface area (Å²) in [6.45, 7) is 12.4. The zero-order valence-corrected chi connectivity index (χ0v) is 11.1. The summed E-state index contributed by atoms with van der Waals surface area (Å²) in [4.78, 5) is 0. The highest BCUT2D eigenvalue weighted by atomic mass is 14.5. The molecule has 0 aliphatic rings. The Morgan fingerprint density at radius 3 is 2.06 bits per heavy atom. The van der Waals surface area contributed by atoms with Gasteiger partial charge in [-0.1, -0.05) is 59.4 Å². The first-order valence-electron chi connectivity index (χ1n) is 6.11. The largest absolute Gasteiger partial charge is 0.399 e. The van der Waals surface area contributed by atoms with Gasteiger partial charge in [0.25, 0.3) is 0 Å². The molecule has 0 unspecified atom stereocenters. The van der Waals surface area contributed by atoms with Gasteiger partial charge in [-0.25, -0.2) is 0 Å². The summed E-state index contributed by atoms with van der Waals surface area (Å²) in [5.41, 5.74) is 9.10. The molecule has 0 atom stereocenters. The van der Waals surface area contributed by atoms with E-state index < -0.39 is 0 Å². The molecule has 0 heterocycles. The minimum Gasteiger partial charge on any atom is -0.399 e. The molecule has 0 spiro atoms. The summed E-state index contributed by atoms with van der Waals surface area (Å²) in [5, 5.41) is 0. The molecule has 1 aromatic rings. The fraction of sp³-hybridized carbons (Fsp3) is 0.500. The molecule has 0 saturated carbocycles. The van der Waals surface area contributed by atoms with Crippen LogP contribution in [0, 0.1) is 5.92 Å². The van der Waals surface area contributed by atoms with Crippen molar-refractivity contribution >= 4 is 5.69 Å². The SMILES string of the molecule is C.C=C(CCc1ccc(N)cc1)C(C)C.CC. The zero-order chi connectivity index (χ0) is 12.6. The summed E-state index contributed by atoms with van der Waals surface area (Å²) < 4.78 is 0. The maximum absolute atomic E-state index is 5.61. The van der Waals surface area contributed by atoms with Crippen LogP contribution in [0.4, 0.5) is 5.69 Å². The lowest BCUT2D eigenvalue weighted by Crippen LogP contribution is -1.95. The smallest absolute Gasteiger partial charge is 0.0314 e. The molecule has 1 heteroatoms. The Morgan fingerprint density at radius 1 is 1.18 bits per heavy atom. The van der Waals surface area contributed by atoms with E-state index in [9.17, 15) is 0 Å². The van der Waals surface area contributed by atoms with Crippen molar-refractivity contribution in [1.29, 1.82) is 0 Å². The van der Waals surface area contributed by atoms with Crippen LogP contribution in [0.3, 0.4) is 0 Å². The molecule has 0 aromatic heterocycles. The fourth-order valence-electron chi connectivity index (χ4n) is 1.28. The molecule has 0 bridgehead atoms. The maximum Gasteiger partial charge on any atom is 0.0314 e. The molecule has 0 aliphatic heterocycles. The van der Waals surface area contributed by atoms with E-state index in [1.165, 1.54) is 11.1 Å².